The second-order valence-electron chi connectivity index (χ2n) is 4.60. The Morgan fingerprint density at radius 3 is 2.58 bits per heavy atom. The van der Waals surface area contributed by atoms with Crippen molar-refractivity contribution in [1.29, 1.82) is 0 Å². The quantitative estimate of drug-likeness (QED) is 0.808. The predicted molar refractivity (Wildman–Crippen MR) is 76.8 cm³/mol. The van der Waals surface area contributed by atoms with Crippen LogP contribution in [0, 0.1) is 6.92 Å². The third-order valence-corrected chi connectivity index (χ3v) is 4.04. The van der Waals surface area contributed by atoms with Crippen LogP contribution in [0.2, 0.25) is 0 Å². The zero-order valence-corrected chi connectivity index (χ0v) is 12.5. The standard InChI is InChI=1S/C14H21NO3S/c1-4-6-10-8-12(19-9(10)3)13(16)15-11(7-5-2)14(17)18/h8,11H,4-7H2,1-3H3,(H,15,16)(H,17,18)/t11-/m0/s1. The first-order valence-electron chi connectivity index (χ1n) is 6.62. The molecule has 1 aromatic heterocycles. The van der Waals surface area contributed by atoms with Crippen molar-refractivity contribution in [3.8, 4) is 0 Å². The van der Waals surface area contributed by atoms with E-state index in [2.05, 4.69) is 12.2 Å². The van der Waals surface area contributed by atoms with E-state index < -0.39 is 12.0 Å². The smallest absolute Gasteiger partial charge is 0.326 e. The van der Waals surface area contributed by atoms with Crippen molar-refractivity contribution in [3.63, 3.8) is 0 Å². The number of hydrogen-bond acceptors (Lipinski definition) is 3. The number of carbonyl (C=O) groups excluding carboxylic acids is 1. The molecule has 0 aliphatic rings. The van der Waals surface area contributed by atoms with Gasteiger partial charge >= 0.3 is 5.97 Å². The lowest BCUT2D eigenvalue weighted by atomic mass is 10.1. The first-order valence-corrected chi connectivity index (χ1v) is 7.44. The number of carbonyl (C=O) groups is 2. The summed E-state index contributed by atoms with van der Waals surface area (Å²) >= 11 is 1.43. The van der Waals surface area contributed by atoms with Gasteiger partial charge in [0.1, 0.15) is 6.04 Å². The van der Waals surface area contributed by atoms with E-state index in [0.29, 0.717) is 11.3 Å². The van der Waals surface area contributed by atoms with E-state index in [1.807, 2.05) is 19.9 Å². The summed E-state index contributed by atoms with van der Waals surface area (Å²) < 4.78 is 0. The fourth-order valence-electron chi connectivity index (χ4n) is 1.92. The number of carboxylic acid groups (broad SMARTS) is 1. The minimum atomic E-state index is -0.975. The lowest BCUT2D eigenvalue weighted by Gasteiger charge is -2.12. The van der Waals surface area contributed by atoms with Gasteiger partial charge in [-0.05, 0) is 31.4 Å². The molecule has 4 nitrogen and oxygen atoms in total. The Kier molecular flexibility index (Phi) is 6.02. The Bertz CT molecular complexity index is 454. The number of thiophene rings is 1. The molecule has 0 aromatic carbocycles. The van der Waals surface area contributed by atoms with Gasteiger partial charge in [-0.3, -0.25) is 4.79 Å². The number of hydrogen-bond donors (Lipinski definition) is 2. The van der Waals surface area contributed by atoms with Gasteiger partial charge in [0.15, 0.2) is 0 Å². The predicted octanol–water partition coefficient (Wildman–Crippen LogP) is 2.99. The highest BCUT2D eigenvalue weighted by atomic mass is 32.1. The summed E-state index contributed by atoms with van der Waals surface area (Å²) in [6.07, 6.45) is 3.16. The molecule has 0 radical (unpaired) electrons. The minimum absolute atomic E-state index is 0.281. The number of rotatable bonds is 7. The summed E-state index contributed by atoms with van der Waals surface area (Å²) in [6, 6.07) is 1.08. The minimum Gasteiger partial charge on any atom is -0.480 e. The largest absolute Gasteiger partial charge is 0.480 e. The molecule has 0 aliphatic carbocycles. The molecule has 0 spiro atoms. The number of amides is 1. The van der Waals surface area contributed by atoms with Crippen LogP contribution < -0.4 is 5.32 Å². The normalized spacial score (nSPS) is 12.2. The van der Waals surface area contributed by atoms with Crippen LogP contribution in [0.15, 0.2) is 6.07 Å². The zero-order valence-electron chi connectivity index (χ0n) is 11.7. The molecule has 0 bridgehead atoms. The maximum absolute atomic E-state index is 12.0. The first-order chi connectivity index (χ1) is 8.99. The van der Waals surface area contributed by atoms with E-state index in [0.717, 1.165) is 24.1 Å². The van der Waals surface area contributed by atoms with E-state index in [4.69, 9.17) is 5.11 Å². The Balaban J connectivity index is 2.76. The molecule has 1 amide bonds. The molecule has 0 unspecified atom stereocenters. The fourth-order valence-corrected chi connectivity index (χ4v) is 2.90. The molecular weight excluding hydrogens is 262 g/mol. The third-order valence-electron chi connectivity index (χ3n) is 2.94. The van der Waals surface area contributed by atoms with Crippen LogP contribution in [0.4, 0.5) is 0 Å². The van der Waals surface area contributed by atoms with Gasteiger partial charge in [0.25, 0.3) is 5.91 Å². The van der Waals surface area contributed by atoms with E-state index in [9.17, 15) is 9.59 Å². The topological polar surface area (TPSA) is 66.4 Å². The number of aliphatic carboxylic acids is 1. The van der Waals surface area contributed by atoms with Crippen molar-refractivity contribution < 1.29 is 14.7 Å². The van der Waals surface area contributed by atoms with Crippen molar-refractivity contribution in [2.75, 3.05) is 0 Å². The Labute approximate surface area is 117 Å². The number of aryl methyl sites for hydroxylation is 2. The lowest BCUT2D eigenvalue weighted by molar-refractivity contribution is -0.139. The van der Waals surface area contributed by atoms with Crippen molar-refractivity contribution in [1.82, 2.24) is 5.32 Å². The molecule has 5 heteroatoms. The zero-order chi connectivity index (χ0) is 14.4. The average molecular weight is 283 g/mol. The molecule has 19 heavy (non-hydrogen) atoms. The first kappa shape index (κ1) is 15.7. The highest BCUT2D eigenvalue weighted by Gasteiger charge is 2.21. The van der Waals surface area contributed by atoms with Crippen molar-refractivity contribution >= 4 is 23.2 Å². The van der Waals surface area contributed by atoms with E-state index in [-0.39, 0.29) is 5.91 Å². The molecule has 0 saturated heterocycles. The van der Waals surface area contributed by atoms with Crippen LogP contribution in [0.5, 0.6) is 0 Å². The second-order valence-corrected chi connectivity index (χ2v) is 5.85. The summed E-state index contributed by atoms with van der Waals surface area (Å²) in [7, 11) is 0. The Morgan fingerprint density at radius 2 is 2.05 bits per heavy atom. The van der Waals surface area contributed by atoms with Gasteiger partial charge < -0.3 is 10.4 Å². The van der Waals surface area contributed by atoms with Gasteiger partial charge in [0, 0.05) is 4.88 Å². The van der Waals surface area contributed by atoms with Gasteiger partial charge in [-0.25, -0.2) is 4.79 Å². The average Bonchev–Trinajstić information content (AvgIpc) is 2.71. The molecule has 0 fully saturated rings. The fraction of sp³-hybridized carbons (Fsp3) is 0.571. The molecule has 0 aliphatic heterocycles. The van der Waals surface area contributed by atoms with Crippen LogP contribution in [-0.4, -0.2) is 23.0 Å². The van der Waals surface area contributed by atoms with Crippen LogP contribution in [0.25, 0.3) is 0 Å². The maximum Gasteiger partial charge on any atom is 0.326 e. The summed E-state index contributed by atoms with van der Waals surface area (Å²) in [5.41, 5.74) is 1.18. The highest BCUT2D eigenvalue weighted by Crippen LogP contribution is 2.23. The van der Waals surface area contributed by atoms with Gasteiger partial charge in [-0.2, -0.15) is 0 Å². The maximum atomic E-state index is 12.0. The molecule has 0 saturated carbocycles. The number of carboxylic acids is 1. The molecule has 1 rings (SSSR count). The van der Waals surface area contributed by atoms with Gasteiger partial charge in [-0.15, -0.1) is 11.3 Å². The molecular formula is C14H21NO3S. The van der Waals surface area contributed by atoms with Crippen LogP contribution >= 0.6 is 11.3 Å². The summed E-state index contributed by atoms with van der Waals surface area (Å²) in [4.78, 5) is 24.8. The van der Waals surface area contributed by atoms with Gasteiger partial charge in [0.05, 0.1) is 4.88 Å². The van der Waals surface area contributed by atoms with E-state index in [1.165, 1.54) is 16.9 Å². The third kappa shape index (κ3) is 4.35. The van der Waals surface area contributed by atoms with Gasteiger partial charge in [0.2, 0.25) is 0 Å². The number of nitrogens with one attached hydrogen (secondary N) is 1. The molecule has 2 N–H and O–H groups in total. The summed E-state index contributed by atoms with van der Waals surface area (Å²) in [5.74, 6) is -1.26. The van der Waals surface area contributed by atoms with Crippen molar-refractivity contribution in [3.05, 3.63) is 21.4 Å². The second kappa shape index (κ2) is 7.28. The molecule has 1 heterocycles. The van der Waals surface area contributed by atoms with Crippen molar-refractivity contribution in [2.24, 2.45) is 0 Å². The van der Waals surface area contributed by atoms with Crippen molar-refractivity contribution in [2.45, 2.75) is 52.5 Å². The van der Waals surface area contributed by atoms with Crippen LogP contribution in [-0.2, 0) is 11.2 Å². The van der Waals surface area contributed by atoms with Crippen LogP contribution in [0.1, 0.15) is 53.2 Å². The lowest BCUT2D eigenvalue weighted by Crippen LogP contribution is -2.40. The molecule has 1 aromatic rings. The summed E-state index contributed by atoms with van der Waals surface area (Å²) in [5, 5.41) is 11.6. The monoisotopic (exact) mass is 283 g/mol. The molecule has 106 valence electrons. The Morgan fingerprint density at radius 1 is 1.37 bits per heavy atom. The van der Waals surface area contributed by atoms with E-state index >= 15 is 0 Å². The Hall–Kier alpha value is -1.36. The molecule has 1 atom stereocenters. The van der Waals surface area contributed by atoms with E-state index in [1.54, 1.807) is 0 Å². The SMILES string of the molecule is CCCc1cc(C(=O)N[C@@H](CCC)C(=O)O)sc1C. The summed E-state index contributed by atoms with van der Waals surface area (Å²) in [6.45, 7) is 5.99. The van der Waals surface area contributed by atoms with Crippen LogP contribution in [0.3, 0.4) is 0 Å². The highest BCUT2D eigenvalue weighted by molar-refractivity contribution is 7.14. The van der Waals surface area contributed by atoms with Gasteiger partial charge in [-0.1, -0.05) is 26.7 Å².